The second-order valence-electron chi connectivity index (χ2n) is 7.30. The molecule has 2 aliphatic rings. The maximum absolute atomic E-state index is 13.3. The zero-order chi connectivity index (χ0) is 19.2. The number of halogens is 3. The number of aromatic nitrogens is 2. The Morgan fingerprint density at radius 2 is 1.89 bits per heavy atom. The quantitative estimate of drug-likeness (QED) is 0.837. The molecule has 9 heteroatoms. The van der Waals surface area contributed by atoms with E-state index in [0.717, 1.165) is 25.7 Å². The second kappa shape index (κ2) is 6.70. The van der Waals surface area contributed by atoms with Crippen LogP contribution in [0.15, 0.2) is 23.0 Å². The van der Waals surface area contributed by atoms with Gasteiger partial charge in [0.05, 0.1) is 23.6 Å². The number of ether oxygens (including phenoxy) is 1. The van der Waals surface area contributed by atoms with Crippen LogP contribution in [0.1, 0.15) is 36.0 Å². The molecular formula is C18H20F3N3O3. The first-order valence-corrected chi connectivity index (χ1v) is 9.05. The number of nitrogens with one attached hydrogen (secondary N) is 2. The highest BCUT2D eigenvalue weighted by atomic mass is 19.4. The molecule has 4 rings (SSSR count). The molecule has 1 aliphatic carbocycles. The standard InChI is InChI=1S/C18H20F3N3O3/c19-18(20,21)15-9-24(8-14(27-15)10-3-1-2-4-10)17(26)11-5-6-12-13(7-11)22-23-16(12)25/h5-7,10,14-15H,1-4,8-9H2,(H2,22,23,25). The molecule has 1 aromatic heterocycles. The topological polar surface area (TPSA) is 78.2 Å². The molecule has 0 spiro atoms. The molecule has 2 aromatic rings. The lowest BCUT2D eigenvalue weighted by Gasteiger charge is -2.41. The minimum absolute atomic E-state index is 0.0500. The fourth-order valence-electron chi connectivity index (χ4n) is 4.08. The van der Waals surface area contributed by atoms with Gasteiger partial charge in [0.15, 0.2) is 6.10 Å². The first-order valence-electron chi connectivity index (χ1n) is 9.05. The van der Waals surface area contributed by atoms with Crippen LogP contribution in [-0.4, -0.2) is 52.5 Å². The van der Waals surface area contributed by atoms with Gasteiger partial charge in [-0.2, -0.15) is 13.2 Å². The third-order valence-corrected chi connectivity index (χ3v) is 5.53. The van der Waals surface area contributed by atoms with Crippen LogP contribution in [0, 0.1) is 5.92 Å². The summed E-state index contributed by atoms with van der Waals surface area (Å²) >= 11 is 0. The van der Waals surface area contributed by atoms with Crippen LogP contribution < -0.4 is 5.56 Å². The zero-order valence-electron chi connectivity index (χ0n) is 14.5. The fraction of sp³-hybridized carbons (Fsp3) is 0.556. The van der Waals surface area contributed by atoms with Crippen molar-refractivity contribution in [2.75, 3.05) is 13.1 Å². The summed E-state index contributed by atoms with van der Waals surface area (Å²) in [5, 5.41) is 5.47. The number of fused-ring (bicyclic) bond motifs is 1. The van der Waals surface area contributed by atoms with Crippen LogP contribution in [0.4, 0.5) is 13.2 Å². The molecule has 2 atom stereocenters. The van der Waals surface area contributed by atoms with Gasteiger partial charge in [0, 0.05) is 12.1 Å². The lowest BCUT2D eigenvalue weighted by atomic mass is 9.97. The Morgan fingerprint density at radius 3 is 2.59 bits per heavy atom. The Morgan fingerprint density at radius 1 is 1.15 bits per heavy atom. The summed E-state index contributed by atoms with van der Waals surface area (Å²) in [6.07, 6.45) is -3.49. The van der Waals surface area contributed by atoms with Gasteiger partial charge in [0.2, 0.25) is 0 Å². The highest BCUT2D eigenvalue weighted by Crippen LogP contribution is 2.36. The van der Waals surface area contributed by atoms with Gasteiger partial charge >= 0.3 is 6.18 Å². The van der Waals surface area contributed by atoms with Gasteiger partial charge in [0.25, 0.3) is 11.5 Å². The molecule has 1 amide bonds. The van der Waals surface area contributed by atoms with E-state index in [1.165, 1.54) is 23.1 Å². The number of rotatable bonds is 2. The average molecular weight is 383 g/mol. The Kier molecular flexibility index (Phi) is 4.49. The van der Waals surface area contributed by atoms with Gasteiger partial charge in [-0.05, 0) is 37.0 Å². The molecule has 1 saturated carbocycles. The third kappa shape index (κ3) is 3.47. The van der Waals surface area contributed by atoms with Crippen molar-refractivity contribution < 1.29 is 22.7 Å². The van der Waals surface area contributed by atoms with Crippen molar-refractivity contribution >= 4 is 16.8 Å². The van der Waals surface area contributed by atoms with E-state index in [1.807, 2.05) is 0 Å². The molecular weight excluding hydrogens is 363 g/mol. The number of hydrogen-bond donors (Lipinski definition) is 2. The van der Waals surface area contributed by atoms with Crippen LogP contribution in [0.5, 0.6) is 0 Å². The molecule has 6 nitrogen and oxygen atoms in total. The molecule has 2 N–H and O–H groups in total. The fourth-order valence-corrected chi connectivity index (χ4v) is 4.08. The van der Waals surface area contributed by atoms with E-state index in [4.69, 9.17) is 4.74 Å². The van der Waals surface area contributed by atoms with Crippen molar-refractivity contribution in [3.8, 4) is 0 Å². The Balaban J connectivity index is 1.60. The van der Waals surface area contributed by atoms with E-state index < -0.39 is 30.8 Å². The monoisotopic (exact) mass is 383 g/mol. The summed E-state index contributed by atoms with van der Waals surface area (Å²) in [7, 11) is 0. The summed E-state index contributed by atoms with van der Waals surface area (Å²) in [4.78, 5) is 25.7. The lowest BCUT2D eigenvalue weighted by Crippen LogP contribution is -2.56. The number of carbonyl (C=O) groups excluding carboxylic acids is 1. The SMILES string of the molecule is O=C(c1ccc2c(=O)[nH][nH]c2c1)N1CC(C2CCCC2)OC(C(F)(F)F)C1. The molecule has 2 fully saturated rings. The number of alkyl halides is 3. The number of carbonyl (C=O) groups is 1. The molecule has 146 valence electrons. The van der Waals surface area contributed by atoms with E-state index in [-0.39, 0.29) is 23.6 Å². The highest BCUT2D eigenvalue weighted by Gasteiger charge is 2.48. The van der Waals surface area contributed by atoms with E-state index in [1.54, 1.807) is 0 Å². The van der Waals surface area contributed by atoms with Crippen molar-refractivity contribution in [1.29, 1.82) is 0 Å². The Labute approximate surface area is 152 Å². The van der Waals surface area contributed by atoms with Crippen molar-refractivity contribution in [3.05, 3.63) is 34.1 Å². The van der Waals surface area contributed by atoms with Crippen LogP contribution in [-0.2, 0) is 4.74 Å². The van der Waals surface area contributed by atoms with Gasteiger partial charge in [0.1, 0.15) is 0 Å². The van der Waals surface area contributed by atoms with E-state index in [2.05, 4.69) is 10.2 Å². The molecule has 27 heavy (non-hydrogen) atoms. The van der Waals surface area contributed by atoms with Gasteiger partial charge in [-0.1, -0.05) is 12.8 Å². The van der Waals surface area contributed by atoms with Crippen LogP contribution in [0.3, 0.4) is 0 Å². The summed E-state index contributed by atoms with van der Waals surface area (Å²) in [6.45, 7) is -0.370. The van der Waals surface area contributed by atoms with Crippen molar-refractivity contribution in [2.45, 2.75) is 44.1 Å². The number of morpholine rings is 1. The van der Waals surface area contributed by atoms with Crippen molar-refractivity contribution in [3.63, 3.8) is 0 Å². The molecule has 1 aliphatic heterocycles. The molecule has 0 radical (unpaired) electrons. The number of H-pyrrole nitrogens is 2. The number of hydrogen-bond acceptors (Lipinski definition) is 3. The first-order chi connectivity index (χ1) is 12.8. The summed E-state index contributed by atoms with van der Waals surface area (Å²) < 4.78 is 45.4. The van der Waals surface area contributed by atoms with Gasteiger partial charge in [-0.25, -0.2) is 0 Å². The normalized spacial score (nSPS) is 24.6. The maximum atomic E-state index is 13.3. The first kappa shape index (κ1) is 18.1. The van der Waals surface area contributed by atoms with Crippen LogP contribution >= 0.6 is 0 Å². The minimum atomic E-state index is -4.52. The zero-order valence-corrected chi connectivity index (χ0v) is 14.5. The van der Waals surface area contributed by atoms with Crippen molar-refractivity contribution in [2.24, 2.45) is 5.92 Å². The summed E-state index contributed by atoms with van der Waals surface area (Å²) in [5.74, 6) is -0.437. The maximum Gasteiger partial charge on any atom is 0.416 e. The van der Waals surface area contributed by atoms with E-state index in [9.17, 15) is 22.8 Å². The predicted octanol–water partition coefficient (Wildman–Crippen LogP) is 2.82. The van der Waals surface area contributed by atoms with E-state index in [0.29, 0.717) is 10.9 Å². The lowest BCUT2D eigenvalue weighted by molar-refractivity contribution is -0.255. The summed E-state index contributed by atoms with van der Waals surface area (Å²) in [6, 6.07) is 4.45. The third-order valence-electron chi connectivity index (χ3n) is 5.53. The number of aromatic amines is 2. The van der Waals surface area contributed by atoms with Crippen molar-refractivity contribution in [1.82, 2.24) is 15.1 Å². The predicted molar refractivity (Wildman–Crippen MR) is 91.5 cm³/mol. The second-order valence-corrected chi connectivity index (χ2v) is 7.30. The van der Waals surface area contributed by atoms with Gasteiger partial charge in [-0.3, -0.25) is 19.8 Å². The molecule has 2 heterocycles. The molecule has 1 aromatic carbocycles. The van der Waals surface area contributed by atoms with Gasteiger partial charge in [-0.15, -0.1) is 0 Å². The van der Waals surface area contributed by atoms with E-state index >= 15 is 0 Å². The molecule has 0 bridgehead atoms. The molecule has 2 unspecified atom stereocenters. The number of benzene rings is 1. The van der Waals surface area contributed by atoms with Crippen LogP contribution in [0.25, 0.3) is 10.9 Å². The number of nitrogens with zero attached hydrogens (tertiary/aromatic N) is 1. The summed E-state index contributed by atoms with van der Waals surface area (Å²) in [5.41, 5.74) is 0.373. The Hall–Kier alpha value is -2.29. The minimum Gasteiger partial charge on any atom is -0.362 e. The largest absolute Gasteiger partial charge is 0.416 e. The van der Waals surface area contributed by atoms with Crippen LogP contribution in [0.2, 0.25) is 0 Å². The highest BCUT2D eigenvalue weighted by molar-refractivity contribution is 5.97. The molecule has 1 saturated heterocycles. The smallest absolute Gasteiger partial charge is 0.362 e. The number of amides is 1. The van der Waals surface area contributed by atoms with Gasteiger partial charge < -0.3 is 9.64 Å². The Bertz CT molecular complexity index is 898. The average Bonchev–Trinajstić information content (AvgIpc) is 3.30.